The molecule has 1 aromatic rings. The molecule has 29 heavy (non-hydrogen) atoms. The largest absolute Gasteiger partial charge is 0.392 e. The predicted molar refractivity (Wildman–Crippen MR) is 124 cm³/mol. The van der Waals surface area contributed by atoms with Crippen molar-refractivity contribution in [1.82, 2.24) is 5.32 Å². The highest BCUT2D eigenvalue weighted by molar-refractivity contribution is 5.48. The Kier molecular flexibility index (Phi) is 16.5. The number of unbranched alkanes of at least 4 members (excludes halogenated alkanes) is 14. The molecule has 0 heterocycles. The molecular formula is C26H45NO2. The van der Waals surface area contributed by atoms with Crippen LogP contribution in [-0.2, 0) is 11.4 Å². The van der Waals surface area contributed by atoms with Gasteiger partial charge in [-0.25, -0.2) is 0 Å². The molecule has 1 atom stereocenters. The monoisotopic (exact) mass is 403 g/mol. The Morgan fingerprint density at radius 1 is 0.793 bits per heavy atom. The standard InChI is InChI=1S/C26H45NO2/c1-2-3-4-5-6-7-8-9-10-11-12-13-14-15-16-21-26(27-23-29)25-20-18-17-19-24(25)22-28/h17-20,23,26,28H,2-16,21-22H2,1H3,(H,27,29). The average molecular weight is 404 g/mol. The number of carbonyl (C=O) groups excluding carboxylic acids is 1. The summed E-state index contributed by atoms with van der Waals surface area (Å²) >= 11 is 0. The summed E-state index contributed by atoms with van der Waals surface area (Å²) in [5, 5.41) is 12.5. The second-order valence-corrected chi connectivity index (χ2v) is 8.43. The second-order valence-electron chi connectivity index (χ2n) is 8.43. The van der Waals surface area contributed by atoms with Gasteiger partial charge >= 0.3 is 0 Å². The van der Waals surface area contributed by atoms with Crippen molar-refractivity contribution < 1.29 is 9.90 Å². The van der Waals surface area contributed by atoms with Gasteiger partial charge in [-0.2, -0.15) is 0 Å². The van der Waals surface area contributed by atoms with Gasteiger partial charge in [0.05, 0.1) is 12.6 Å². The maximum Gasteiger partial charge on any atom is 0.207 e. The van der Waals surface area contributed by atoms with Crippen LogP contribution in [0.4, 0.5) is 0 Å². The molecule has 0 saturated heterocycles. The molecule has 0 aliphatic heterocycles. The van der Waals surface area contributed by atoms with E-state index < -0.39 is 0 Å². The van der Waals surface area contributed by atoms with Gasteiger partial charge in [0.1, 0.15) is 0 Å². The molecule has 1 rings (SSSR count). The van der Waals surface area contributed by atoms with E-state index in [0.29, 0.717) is 0 Å². The maximum absolute atomic E-state index is 11.0. The van der Waals surface area contributed by atoms with Gasteiger partial charge in [-0.1, -0.05) is 128 Å². The molecule has 0 spiro atoms. The first-order valence-electron chi connectivity index (χ1n) is 12.2. The van der Waals surface area contributed by atoms with Crippen LogP contribution in [0.25, 0.3) is 0 Å². The second kappa shape index (κ2) is 18.7. The minimum absolute atomic E-state index is 0.0119. The molecule has 0 bridgehead atoms. The predicted octanol–water partition coefficient (Wildman–Crippen LogP) is 7.23. The number of hydrogen-bond donors (Lipinski definition) is 2. The lowest BCUT2D eigenvalue weighted by Gasteiger charge is -2.19. The highest BCUT2D eigenvalue weighted by Crippen LogP contribution is 2.24. The van der Waals surface area contributed by atoms with Gasteiger partial charge < -0.3 is 10.4 Å². The molecule has 3 nitrogen and oxygen atoms in total. The summed E-state index contributed by atoms with van der Waals surface area (Å²) in [6, 6.07) is 7.86. The summed E-state index contributed by atoms with van der Waals surface area (Å²) in [4.78, 5) is 11.0. The number of nitrogens with one attached hydrogen (secondary N) is 1. The Morgan fingerprint density at radius 2 is 1.28 bits per heavy atom. The van der Waals surface area contributed by atoms with E-state index in [1.165, 1.54) is 89.9 Å². The molecule has 166 valence electrons. The van der Waals surface area contributed by atoms with E-state index in [-0.39, 0.29) is 12.6 Å². The SMILES string of the molecule is CCCCCCCCCCCCCCCCCC(NC=O)c1ccccc1CO. The van der Waals surface area contributed by atoms with E-state index in [9.17, 15) is 9.90 Å². The molecule has 1 unspecified atom stereocenters. The third kappa shape index (κ3) is 12.7. The van der Waals surface area contributed by atoms with Crippen LogP contribution in [0.2, 0.25) is 0 Å². The number of amides is 1. The van der Waals surface area contributed by atoms with E-state index in [0.717, 1.165) is 30.4 Å². The summed E-state index contributed by atoms with van der Waals surface area (Å²) < 4.78 is 0. The van der Waals surface area contributed by atoms with Crippen LogP contribution in [-0.4, -0.2) is 11.5 Å². The Bertz CT molecular complexity index is 503. The van der Waals surface area contributed by atoms with E-state index in [1.807, 2.05) is 24.3 Å². The molecule has 0 radical (unpaired) electrons. The quantitative estimate of drug-likeness (QED) is 0.178. The van der Waals surface area contributed by atoms with Crippen LogP contribution in [0, 0.1) is 0 Å². The molecule has 0 aromatic heterocycles. The maximum atomic E-state index is 11.0. The third-order valence-electron chi connectivity index (χ3n) is 5.97. The van der Waals surface area contributed by atoms with Gasteiger partial charge in [0.2, 0.25) is 6.41 Å². The third-order valence-corrected chi connectivity index (χ3v) is 5.97. The number of hydrogen-bond acceptors (Lipinski definition) is 2. The highest BCUT2D eigenvalue weighted by Gasteiger charge is 2.13. The summed E-state index contributed by atoms with van der Waals surface area (Å²) in [5.41, 5.74) is 1.96. The molecule has 1 aromatic carbocycles. The van der Waals surface area contributed by atoms with E-state index in [2.05, 4.69) is 12.2 Å². The van der Waals surface area contributed by atoms with Crippen molar-refractivity contribution in [2.24, 2.45) is 0 Å². The molecule has 1 amide bonds. The fourth-order valence-electron chi connectivity index (χ4n) is 4.15. The summed E-state index contributed by atoms with van der Waals surface area (Å²) in [7, 11) is 0. The van der Waals surface area contributed by atoms with Crippen LogP contribution < -0.4 is 5.32 Å². The Morgan fingerprint density at radius 3 is 1.76 bits per heavy atom. The Balaban J connectivity index is 2.00. The zero-order valence-corrected chi connectivity index (χ0v) is 18.8. The van der Waals surface area contributed by atoms with Crippen molar-refractivity contribution in [3.8, 4) is 0 Å². The molecule has 2 N–H and O–H groups in total. The summed E-state index contributed by atoms with van der Waals surface area (Å²) in [5.74, 6) is 0. The number of aliphatic hydroxyl groups excluding tert-OH is 1. The van der Waals surface area contributed by atoms with Gasteiger partial charge in [-0.15, -0.1) is 0 Å². The van der Waals surface area contributed by atoms with Crippen molar-refractivity contribution in [2.75, 3.05) is 0 Å². The van der Waals surface area contributed by atoms with Gasteiger partial charge in [-0.3, -0.25) is 4.79 Å². The van der Waals surface area contributed by atoms with Gasteiger partial charge in [-0.05, 0) is 17.5 Å². The fraction of sp³-hybridized carbons (Fsp3) is 0.731. The minimum Gasteiger partial charge on any atom is -0.392 e. The van der Waals surface area contributed by atoms with E-state index in [4.69, 9.17) is 0 Å². The summed E-state index contributed by atoms with van der Waals surface area (Å²) in [6.45, 7) is 2.30. The molecule has 0 fully saturated rings. The first-order valence-corrected chi connectivity index (χ1v) is 12.2. The van der Waals surface area contributed by atoms with Crippen molar-refractivity contribution in [2.45, 2.75) is 122 Å². The number of benzene rings is 1. The topological polar surface area (TPSA) is 49.3 Å². The Labute approximate surface area is 179 Å². The van der Waals surface area contributed by atoms with Crippen molar-refractivity contribution in [1.29, 1.82) is 0 Å². The number of rotatable bonds is 20. The summed E-state index contributed by atoms with van der Waals surface area (Å²) in [6.07, 6.45) is 22.1. The molecular weight excluding hydrogens is 358 g/mol. The van der Waals surface area contributed by atoms with Crippen LogP contribution >= 0.6 is 0 Å². The van der Waals surface area contributed by atoms with E-state index in [1.54, 1.807) is 0 Å². The van der Waals surface area contributed by atoms with E-state index >= 15 is 0 Å². The number of carbonyl (C=O) groups is 1. The Hall–Kier alpha value is -1.35. The normalized spacial score (nSPS) is 12.1. The fourth-order valence-corrected chi connectivity index (χ4v) is 4.15. The number of aliphatic hydroxyl groups is 1. The van der Waals surface area contributed by atoms with Gasteiger partial charge in [0.15, 0.2) is 0 Å². The van der Waals surface area contributed by atoms with Crippen LogP contribution in [0.3, 0.4) is 0 Å². The lowest BCUT2D eigenvalue weighted by atomic mass is 9.95. The smallest absolute Gasteiger partial charge is 0.207 e. The average Bonchev–Trinajstić information content (AvgIpc) is 2.75. The van der Waals surface area contributed by atoms with Crippen molar-refractivity contribution in [3.05, 3.63) is 35.4 Å². The van der Waals surface area contributed by atoms with Crippen molar-refractivity contribution >= 4 is 6.41 Å². The van der Waals surface area contributed by atoms with Crippen LogP contribution in [0.1, 0.15) is 127 Å². The zero-order valence-electron chi connectivity index (χ0n) is 18.8. The molecule has 0 aliphatic rings. The lowest BCUT2D eigenvalue weighted by molar-refractivity contribution is -0.110. The zero-order chi connectivity index (χ0) is 21.0. The minimum atomic E-state index is 0.0119. The van der Waals surface area contributed by atoms with Crippen LogP contribution in [0.15, 0.2) is 24.3 Å². The first kappa shape index (κ1) is 25.7. The van der Waals surface area contributed by atoms with Crippen LogP contribution in [0.5, 0.6) is 0 Å². The van der Waals surface area contributed by atoms with Crippen molar-refractivity contribution in [3.63, 3.8) is 0 Å². The molecule has 0 saturated carbocycles. The van der Waals surface area contributed by atoms with Gasteiger partial charge in [0, 0.05) is 0 Å². The molecule has 0 aliphatic carbocycles. The first-order chi connectivity index (χ1) is 14.3. The van der Waals surface area contributed by atoms with Gasteiger partial charge in [0.25, 0.3) is 0 Å². The highest BCUT2D eigenvalue weighted by atomic mass is 16.3. The molecule has 3 heteroatoms. The lowest BCUT2D eigenvalue weighted by Crippen LogP contribution is -2.20.